The van der Waals surface area contributed by atoms with Crippen LogP contribution in [-0.2, 0) is 19.1 Å². The van der Waals surface area contributed by atoms with Crippen LogP contribution in [0.3, 0.4) is 0 Å². The summed E-state index contributed by atoms with van der Waals surface area (Å²) in [7, 11) is 2.64. The minimum Gasteiger partial charge on any atom is -0.469 e. The van der Waals surface area contributed by atoms with Gasteiger partial charge in [0.05, 0.1) is 25.0 Å². The Morgan fingerprint density at radius 2 is 1.85 bits per heavy atom. The van der Waals surface area contributed by atoms with Gasteiger partial charge in [0.2, 0.25) is 0 Å². The number of thioether (sulfide) groups is 1. The van der Waals surface area contributed by atoms with E-state index < -0.39 is 5.97 Å². The van der Waals surface area contributed by atoms with Crippen LogP contribution in [0, 0.1) is 0 Å². The van der Waals surface area contributed by atoms with Crippen molar-refractivity contribution < 1.29 is 23.9 Å². The molecule has 20 heavy (non-hydrogen) atoms. The minimum atomic E-state index is -0.404. The molecule has 1 atom stereocenters. The largest absolute Gasteiger partial charge is 0.469 e. The van der Waals surface area contributed by atoms with Gasteiger partial charge in [0.1, 0.15) is 6.29 Å². The van der Waals surface area contributed by atoms with E-state index in [2.05, 4.69) is 9.47 Å². The van der Waals surface area contributed by atoms with E-state index in [1.165, 1.54) is 26.0 Å². The zero-order valence-electron chi connectivity index (χ0n) is 11.3. The predicted molar refractivity (Wildman–Crippen MR) is 74.7 cm³/mol. The van der Waals surface area contributed by atoms with Crippen LogP contribution in [0.25, 0.3) is 0 Å². The van der Waals surface area contributed by atoms with E-state index in [0.717, 1.165) is 11.2 Å². The molecular weight excluding hydrogens is 280 g/mol. The molecule has 0 saturated heterocycles. The van der Waals surface area contributed by atoms with E-state index >= 15 is 0 Å². The number of esters is 2. The van der Waals surface area contributed by atoms with Gasteiger partial charge in [-0.25, -0.2) is 4.79 Å². The summed E-state index contributed by atoms with van der Waals surface area (Å²) in [4.78, 5) is 34.1. The Labute approximate surface area is 121 Å². The molecule has 0 N–H and O–H groups in total. The number of ether oxygens (including phenoxy) is 2. The molecule has 0 aliphatic heterocycles. The summed E-state index contributed by atoms with van der Waals surface area (Å²) >= 11 is 1.34. The molecule has 1 aromatic rings. The molecule has 6 heteroatoms. The average molecular weight is 296 g/mol. The second-order valence-electron chi connectivity index (χ2n) is 3.92. The topological polar surface area (TPSA) is 69.7 Å². The van der Waals surface area contributed by atoms with E-state index in [-0.39, 0.29) is 17.6 Å². The lowest BCUT2D eigenvalue weighted by Crippen LogP contribution is -2.09. The molecule has 0 spiro atoms. The van der Waals surface area contributed by atoms with Gasteiger partial charge in [0.15, 0.2) is 0 Å². The fraction of sp³-hybridized carbons (Fsp3) is 0.357. The van der Waals surface area contributed by atoms with E-state index in [1.54, 1.807) is 24.3 Å². The van der Waals surface area contributed by atoms with E-state index in [4.69, 9.17) is 0 Å². The maximum absolute atomic E-state index is 11.3. The summed E-state index contributed by atoms with van der Waals surface area (Å²) in [6.45, 7) is 0. The molecule has 1 aromatic carbocycles. The number of methoxy groups -OCH3 is 2. The first-order chi connectivity index (χ1) is 9.60. The first-order valence-electron chi connectivity index (χ1n) is 5.98. The monoisotopic (exact) mass is 296 g/mol. The lowest BCUT2D eigenvalue weighted by Gasteiger charge is -2.09. The Morgan fingerprint density at radius 3 is 2.35 bits per heavy atom. The molecule has 0 aliphatic carbocycles. The Morgan fingerprint density at radius 1 is 1.20 bits per heavy atom. The second-order valence-corrected chi connectivity index (χ2v) is 5.24. The number of benzene rings is 1. The number of carbonyl (C=O) groups excluding carboxylic acids is 3. The van der Waals surface area contributed by atoms with Gasteiger partial charge in [-0.1, -0.05) is 0 Å². The highest BCUT2D eigenvalue weighted by Crippen LogP contribution is 2.25. The highest BCUT2D eigenvalue weighted by Gasteiger charge is 2.13. The Kier molecular flexibility index (Phi) is 6.79. The van der Waals surface area contributed by atoms with Crippen molar-refractivity contribution in [2.75, 3.05) is 14.2 Å². The second kappa shape index (κ2) is 8.37. The van der Waals surface area contributed by atoms with Gasteiger partial charge in [-0.05, 0) is 30.7 Å². The molecule has 0 amide bonds. The lowest BCUT2D eigenvalue weighted by molar-refractivity contribution is -0.140. The van der Waals surface area contributed by atoms with Crippen molar-refractivity contribution in [3.05, 3.63) is 29.8 Å². The van der Waals surface area contributed by atoms with Crippen molar-refractivity contribution in [1.82, 2.24) is 0 Å². The normalized spacial score (nSPS) is 11.5. The first kappa shape index (κ1) is 16.2. The molecule has 0 radical (unpaired) electrons. The highest BCUT2D eigenvalue weighted by molar-refractivity contribution is 8.00. The Hall–Kier alpha value is -1.82. The highest BCUT2D eigenvalue weighted by atomic mass is 32.2. The Balaban J connectivity index is 2.59. The van der Waals surface area contributed by atoms with E-state index in [0.29, 0.717) is 12.0 Å². The van der Waals surface area contributed by atoms with Gasteiger partial charge in [0.25, 0.3) is 0 Å². The van der Waals surface area contributed by atoms with Crippen molar-refractivity contribution in [3.63, 3.8) is 0 Å². The quantitative estimate of drug-likeness (QED) is 0.436. The van der Waals surface area contributed by atoms with Gasteiger partial charge in [-0.3, -0.25) is 4.79 Å². The number of rotatable bonds is 7. The van der Waals surface area contributed by atoms with Gasteiger partial charge in [0, 0.05) is 11.3 Å². The van der Waals surface area contributed by atoms with Crippen molar-refractivity contribution in [3.8, 4) is 0 Å². The van der Waals surface area contributed by atoms with Gasteiger partial charge >= 0.3 is 11.9 Å². The predicted octanol–water partition coefficient (Wildman–Crippen LogP) is 2.09. The molecule has 108 valence electrons. The molecule has 0 heterocycles. The molecular formula is C14H16O5S. The summed E-state index contributed by atoms with van der Waals surface area (Å²) in [6.07, 6.45) is 1.43. The standard InChI is InChI=1S/C14H16O5S/c1-18-13(16)8-7-12(9-15)20-11-5-3-10(4-6-11)14(17)19-2/h3-6,9,12H,7-8H2,1-2H3. The molecule has 1 unspecified atom stereocenters. The molecule has 0 saturated carbocycles. The minimum absolute atomic E-state index is 0.202. The van der Waals surface area contributed by atoms with Crippen molar-refractivity contribution in [2.24, 2.45) is 0 Å². The first-order valence-corrected chi connectivity index (χ1v) is 6.85. The lowest BCUT2D eigenvalue weighted by atomic mass is 10.2. The summed E-state index contributed by atoms with van der Waals surface area (Å²) < 4.78 is 9.14. The third kappa shape index (κ3) is 5.05. The summed E-state index contributed by atoms with van der Waals surface area (Å²) in [6, 6.07) is 6.75. The molecule has 5 nitrogen and oxygen atoms in total. The van der Waals surface area contributed by atoms with Crippen molar-refractivity contribution in [2.45, 2.75) is 23.0 Å². The zero-order valence-corrected chi connectivity index (χ0v) is 12.1. The number of hydrogen-bond acceptors (Lipinski definition) is 6. The van der Waals surface area contributed by atoms with Gasteiger partial charge < -0.3 is 14.3 Å². The van der Waals surface area contributed by atoms with Crippen LogP contribution in [-0.4, -0.2) is 37.7 Å². The van der Waals surface area contributed by atoms with Gasteiger partial charge in [-0.15, -0.1) is 11.8 Å². The fourth-order valence-electron chi connectivity index (χ4n) is 1.48. The zero-order chi connectivity index (χ0) is 15.0. The summed E-state index contributed by atoms with van der Waals surface area (Å²) in [5.41, 5.74) is 0.453. The average Bonchev–Trinajstić information content (AvgIpc) is 2.50. The van der Waals surface area contributed by atoms with Crippen molar-refractivity contribution >= 4 is 30.0 Å². The maximum Gasteiger partial charge on any atom is 0.337 e. The smallest absolute Gasteiger partial charge is 0.337 e. The number of hydrogen-bond donors (Lipinski definition) is 0. The maximum atomic E-state index is 11.3. The summed E-state index contributed by atoms with van der Waals surface area (Å²) in [5, 5.41) is -0.321. The van der Waals surface area contributed by atoms with Gasteiger partial charge in [-0.2, -0.15) is 0 Å². The van der Waals surface area contributed by atoms with Crippen molar-refractivity contribution in [1.29, 1.82) is 0 Å². The third-order valence-electron chi connectivity index (χ3n) is 2.58. The third-order valence-corrected chi connectivity index (χ3v) is 3.77. The van der Waals surface area contributed by atoms with E-state index in [9.17, 15) is 14.4 Å². The Bertz CT molecular complexity index is 469. The molecule has 0 fully saturated rings. The van der Waals surface area contributed by atoms with E-state index in [1.807, 2.05) is 0 Å². The van der Waals surface area contributed by atoms with Crippen LogP contribution in [0.15, 0.2) is 29.2 Å². The molecule has 0 aromatic heterocycles. The molecule has 0 aliphatic rings. The van der Waals surface area contributed by atoms with Crippen LogP contribution in [0.1, 0.15) is 23.2 Å². The summed E-state index contributed by atoms with van der Waals surface area (Å²) in [5.74, 6) is -0.738. The van der Waals surface area contributed by atoms with Crippen LogP contribution < -0.4 is 0 Å². The van der Waals surface area contributed by atoms with Crippen LogP contribution in [0.4, 0.5) is 0 Å². The number of carbonyl (C=O) groups is 3. The molecule has 1 rings (SSSR count). The van der Waals surface area contributed by atoms with Crippen LogP contribution in [0.2, 0.25) is 0 Å². The van der Waals surface area contributed by atoms with Crippen LogP contribution in [0.5, 0.6) is 0 Å². The number of aldehydes is 1. The van der Waals surface area contributed by atoms with Crippen LogP contribution >= 0.6 is 11.8 Å². The fourth-order valence-corrected chi connectivity index (χ4v) is 2.41. The SMILES string of the molecule is COC(=O)CCC(C=O)Sc1ccc(C(=O)OC)cc1. The molecule has 0 bridgehead atoms.